The molecule has 4 aromatic rings. The summed E-state index contributed by atoms with van der Waals surface area (Å²) in [6.07, 6.45) is 3.33. The Bertz CT molecular complexity index is 1130. The number of carbonyl (C=O) groups is 1. The minimum atomic E-state index is -0.442. The van der Waals surface area contributed by atoms with Crippen LogP contribution in [0.1, 0.15) is 42.0 Å². The Balaban J connectivity index is 1.56. The number of hydrogen-bond acceptors (Lipinski definition) is 6. The summed E-state index contributed by atoms with van der Waals surface area (Å²) in [5.74, 6) is 0.549. The molecule has 1 aromatic carbocycles. The summed E-state index contributed by atoms with van der Waals surface area (Å²) in [5, 5.41) is 11.5. The van der Waals surface area contributed by atoms with E-state index in [4.69, 9.17) is 4.52 Å². The lowest BCUT2D eigenvalue weighted by Crippen LogP contribution is -2.32. The molecule has 1 N–H and O–H groups in total. The van der Waals surface area contributed by atoms with Crippen molar-refractivity contribution >= 4 is 5.91 Å². The third-order valence-electron chi connectivity index (χ3n) is 4.72. The molecule has 3 aromatic heterocycles. The first-order valence-electron chi connectivity index (χ1n) is 9.70. The number of hydrogen-bond donors (Lipinski definition) is 1. The Morgan fingerprint density at radius 2 is 1.83 bits per heavy atom. The highest BCUT2D eigenvalue weighted by Gasteiger charge is 2.26. The minimum absolute atomic E-state index is 0.0389. The first kappa shape index (κ1) is 19.5. The van der Waals surface area contributed by atoms with Crippen LogP contribution in [0.3, 0.4) is 0 Å². The van der Waals surface area contributed by atoms with Gasteiger partial charge in [-0.1, -0.05) is 37.2 Å². The average molecular weight is 402 g/mol. The maximum absolute atomic E-state index is 12.9. The number of pyridine rings is 1. The van der Waals surface area contributed by atoms with Crippen LogP contribution < -0.4 is 5.32 Å². The number of aromatic nitrogens is 5. The van der Waals surface area contributed by atoms with Gasteiger partial charge in [0.15, 0.2) is 5.69 Å². The second kappa shape index (κ2) is 8.28. The van der Waals surface area contributed by atoms with Gasteiger partial charge in [0.05, 0.1) is 5.69 Å². The Labute approximate surface area is 174 Å². The number of rotatable bonds is 6. The van der Waals surface area contributed by atoms with Crippen LogP contribution in [0, 0.1) is 12.8 Å². The van der Waals surface area contributed by atoms with Crippen molar-refractivity contribution in [3.05, 3.63) is 78.2 Å². The van der Waals surface area contributed by atoms with Crippen molar-refractivity contribution in [2.75, 3.05) is 0 Å². The number of aryl methyl sites for hydroxylation is 1. The van der Waals surface area contributed by atoms with Gasteiger partial charge in [-0.25, -0.2) is 4.68 Å². The predicted octanol–water partition coefficient (Wildman–Crippen LogP) is 3.75. The van der Waals surface area contributed by atoms with E-state index in [1.165, 1.54) is 0 Å². The van der Waals surface area contributed by atoms with Crippen molar-refractivity contribution < 1.29 is 9.32 Å². The molecule has 3 heterocycles. The summed E-state index contributed by atoms with van der Waals surface area (Å²) in [6, 6.07) is 14.6. The normalized spacial score (nSPS) is 12.1. The van der Waals surface area contributed by atoms with Gasteiger partial charge in [-0.2, -0.15) is 10.1 Å². The largest absolute Gasteiger partial charge is 0.339 e. The molecule has 0 aliphatic rings. The van der Waals surface area contributed by atoms with E-state index in [-0.39, 0.29) is 11.8 Å². The molecule has 0 aliphatic heterocycles. The highest BCUT2D eigenvalue weighted by Crippen LogP contribution is 2.24. The second-order valence-electron chi connectivity index (χ2n) is 7.31. The third kappa shape index (κ3) is 3.98. The Kier molecular flexibility index (Phi) is 5.38. The second-order valence-corrected chi connectivity index (χ2v) is 7.31. The molecule has 0 saturated heterocycles. The topological polar surface area (TPSA) is 98.7 Å². The lowest BCUT2D eigenvalue weighted by atomic mass is 10.0. The van der Waals surface area contributed by atoms with Gasteiger partial charge >= 0.3 is 0 Å². The maximum Gasteiger partial charge on any atom is 0.272 e. The number of nitrogens with one attached hydrogen (secondary N) is 1. The van der Waals surface area contributed by atoms with Crippen molar-refractivity contribution in [2.45, 2.75) is 26.8 Å². The summed E-state index contributed by atoms with van der Waals surface area (Å²) in [7, 11) is 0. The van der Waals surface area contributed by atoms with E-state index in [9.17, 15) is 4.79 Å². The van der Waals surface area contributed by atoms with E-state index in [0.29, 0.717) is 17.4 Å². The highest BCUT2D eigenvalue weighted by molar-refractivity contribution is 5.92. The van der Waals surface area contributed by atoms with Crippen LogP contribution in [-0.4, -0.2) is 30.8 Å². The van der Waals surface area contributed by atoms with E-state index in [0.717, 1.165) is 16.9 Å². The zero-order chi connectivity index (χ0) is 21.1. The molecule has 1 unspecified atom stereocenters. The Hall–Kier alpha value is -3.81. The predicted molar refractivity (Wildman–Crippen MR) is 111 cm³/mol. The first-order chi connectivity index (χ1) is 14.5. The molecule has 0 radical (unpaired) electrons. The standard InChI is InChI=1S/C22H22N6O2/c1-14(2)19(22-25-20(27-30-22)16-9-11-23-12-10-16)24-21(29)18-13-15(3)28(26-18)17-7-5-4-6-8-17/h4-14,19H,1-3H3,(H,24,29). The molecule has 30 heavy (non-hydrogen) atoms. The lowest BCUT2D eigenvalue weighted by Gasteiger charge is -2.17. The average Bonchev–Trinajstić information content (AvgIpc) is 3.40. The number of carbonyl (C=O) groups excluding carboxylic acids is 1. The fraction of sp³-hybridized carbons (Fsp3) is 0.227. The molecule has 0 fully saturated rings. The molecule has 0 saturated carbocycles. The molecule has 1 amide bonds. The van der Waals surface area contributed by atoms with Crippen LogP contribution >= 0.6 is 0 Å². The highest BCUT2D eigenvalue weighted by atomic mass is 16.5. The number of para-hydroxylation sites is 1. The molecule has 0 spiro atoms. The van der Waals surface area contributed by atoms with E-state index >= 15 is 0 Å². The van der Waals surface area contributed by atoms with E-state index in [1.54, 1.807) is 35.3 Å². The van der Waals surface area contributed by atoms with Crippen LogP contribution in [0.5, 0.6) is 0 Å². The summed E-state index contributed by atoms with van der Waals surface area (Å²) >= 11 is 0. The number of benzene rings is 1. The summed E-state index contributed by atoms with van der Waals surface area (Å²) < 4.78 is 7.20. The lowest BCUT2D eigenvalue weighted by molar-refractivity contribution is 0.0908. The monoisotopic (exact) mass is 402 g/mol. The number of nitrogens with zero attached hydrogens (tertiary/aromatic N) is 5. The maximum atomic E-state index is 12.9. The van der Waals surface area contributed by atoms with Crippen LogP contribution in [-0.2, 0) is 0 Å². The molecule has 8 heteroatoms. The van der Waals surface area contributed by atoms with Gasteiger partial charge in [0, 0.05) is 23.7 Å². The van der Waals surface area contributed by atoms with Crippen molar-refractivity contribution in [3.8, 4) is 17.1 Å². The van der Waals surface area contributed by atoms with Crippen LogP contribution in [0.25, 0.3) is 17.1 Å². The quantitative estimate of drug-likeness (QED) is 0.527. The SMILES string of the molecule is Cc1cc(C(=O)NC(c2nc(-c3ccncc3)no2)C(C)C)nn1-c1ccccc1. The van der Waals surface area contributed by atoms with Gasteiger partial charge in [0.25, 0.3) is 5.91 Å². The molecular formula is C22H22N6O2. The molecule has 1 atom stereocenters. The molecule has 152 valence electrons. The molecular weight excluding hydrogens is 380 g/mol. The van der Waals surface area contributed by atoms with Crippen molar-refractivity contribution in [3.63, 3.8) is 0 Å². The van der Waals surface area contributed by atoms with E-state index in [1.807, 2.05) is 51.1 Å². The Morgan fingerprint density at radius 1 is 1.10 bits per heavy atom. The van der Waals surface area contributed by atoms with Gasteiger partial charge < -0.3 is 9.84 Å². The molecule has 0 aliphatic carbocycles. The molecule has 8 nitrogen and oxygen atoms in total. The van der Waals surface area contributed by atoms with E-state index in [2.05, 4.69) is 25.5 Å². The van der Waals surface area contributed by atoms with Crippen LogP contribution in [0.15, 0.2) is 65.4 Å². The fourth-order valence-corrected chi connectivity index (χ4v) is 3.12. The minimum Gasteiger partial charge on any atom is -0.339 e. The zero-order valence-corrected chi connectivity index (χ0v) is 17.0. The van der Waals surface area contributed by atoms with Crippen LogP contribution in [0.2, 0.25) is 0 Å². The summed E-state index contributed by atoms with van der Waals surface area (Å²) in [4.78, 5) is 21.4. The smallest absolute Gasteiger partial charge is 0.272 e. The number of amides is 1. The van der Waals surface area contributed by atoms with Crippen molar-refractivity contribution in [1.82, 2.24) is 30.2 Å². The Morgan fingerprint density at radius 3 is 2.53 bits per heavy atom. The van der Waals surface area contributed by atoms with Gasteiger partial charge in [-0.05, 0) is 43.2 Å². The van der Waals surface area contributed by atoms with Gasteiger partial charge in [0.2, 0.25) is 11.7 Å². The van der Waals surface area contributed by atoms with Crippen molar-refractivity contribution in [2.24, 2.45) is 5.92 Å². The van der Waals surface area contributed by atoms with Gasteiger partial charge in [-0.3, -0.25) is 9.78 Å². The van der Waals surface area contributed by atoms with E-state index < -0.39 is 6.04 Å². The van der Waals surface area contributed by atoms with Crippen molar-refractivity contribution in [1.29, 1.82) is 0 Å². The molecule has 4 rings (SSSR count). The van der Waals surface area contributed by atoms with Crippen LogP contribution in [0.4, 0.5) is 0 Å². The van der Waals surface area contributed by atoms with Gasteiger partial charge in [0.1, 0.15) is 6.04 Å². The summed E-state index contributed by atoms with van der Waals surface area (Å²) in [5.41, 5.74) is 2.89. The fourth-order valence-electron chi connectivity index (χ4n) is 3.12. The molecule has 0 bridgehead atoms. The zero-order valence-electron chi connectivity index (χ0n) is 17.0. The first-order valence-corrected chi connectivity index (χ1v) is 9.70. The summed E-state index contributed by atoms with van der Waals surface area (Å²) in [6.45, 7) is 5.87. The van der Waals surface area contributed by atoms with Gasteiger partial charge in [-0.15, -0.1) is 0 Å². The third-order valence-corrected chi connectivity index (χ3v) is 4.72.